The Morgan fingerprint density at radius 1 is 1.28 bits per heavy atom. The van der Waals surface area contributed by atoms with E-state index in [1.54, 1.807) is 6.20 Å². The van der Waals surface area contributed by atoms with Gasteiger partial charge in [-0.3, -0.25) is 4.57 Å². The van der Waals surface area contributed by atoms with Crippen LogP contribution in [-0.4, -0.2) is 32.2 Å². The fourth-order valence-corrected chi connectivity index (χ4v) is 6.50. The van der Waals surface area contributed by atoms with E-state index in [1.807, 2.05) is 19.4 Å². The summed E-state index contributed by atoms with van der Waals surface area (Å²) in [5.74, 6) is 1.83. The van der Waals surface area contributed by atoms with Crippen LogP contribution in [0.25, 0.3) is 22.1 Å². The molecule has 4 saturated carbocycles. The Morgan fingerprint density at radius 3 is 2.84 bits per heavy atom. The summed E-state index contributed by atoms with van der Waals surface area (Å²) in [7, 11) is 1.87. The van der Waals surface area contributed by atoms with Crippen molar-refractivity contribution in [3.63, 3.8) is 0 Å². The summed E-state index contributed by atoms with van der Waals surface area (Å²) in [6.07, 6.45) is 9.51. The second-order valence-corrected chi connectivity index (χ2v) is 8.41. The smallest absolute Gasteiger partial charge is 0.326 e. The molecule has 2 atom stereocenters. The summed E-state index contributed by atoms with van der Waals surface area (Å²) in [5.41, 5.74) is 2.77. The minimum Gasteiger partial charge on any atom is -0.378 e. The van der Waals surface area contributed by atoms with Crippen molar-refractivity contribution in [3.8, 4) is 0 Å². The lowest BCUT2D eigenvalue weighted by molar-refractivity contribution is -0.164. The van der Waals surface area contributed by atoms with Gasteiger partial charge in [-0.2, -0.15) is 0 Å². The molecule has 3 aromatic heterocycles. The summed E-state index contributed by atoms with van der Waals surface area (Å²) in [6.45, 7) is 0. The number of ether oxygens (including phenoxy) is 1. The minimum atomic E-state index is 0.00874. The van der Waals surface area contributed by atoms with Gasteiger partial charge >= 0.3 is 5.69 Å². The lowest BCUT2D eigenvalue weighted by Gasteiger charge is -2.59. The average molecular weight is 338 g/mol. The molecule has 4 aliphatic rings. The van der Waals surface area contributed by atoms with Gasteiger partial charge in [-0.05, 0) is 55.9 Å². The predicted molar refractivity (Wildman–Crippen MR) is 94.5 cm³/mol. The van der Waals surface area contributed by atoms with Gasteiger partial charge in [0.15, 0.2) is 0 Å². The quantitative estimate of drug-likeness (QED) is 0.754. The van der Waals surface area contributed by atoms with Gasteiger partial charge in [-0.15, -0.1) is 0 Å². The zero-order chi connectivity index (χ0) is 16.8. The maximum Gasteiger partial charge on any atom is 0.326 e. The lowest BCUT2D eigenvalue weighted by atomic mass is 9.52. The van der Waals surface area contributed by atoms with Gasteiger partial charge in [0.05, 0.1) is 22.8 Å². The summed E-state index contributed by atoms with van der Waals surface area (Å²) < 4.78 is 8.04. The topological polar surface area (TPSA) is 75.7 Å². The second kappa shape index (κ2) is 4.55. The predicted octanol–water partition coefficient (Wildman–Crippen LogP) is 2.97. The average Bonchev–Trinajstić information content (AvgIpc) is 3.18. The summed E-state index contributed by atoms with van der Waals surface area (Å²) in [4.78, 5) is 23.6. The first-order valence-electron chi connectivity index (χ1n) is 9.29. The fraction of sp³-hybridized carbons (Fsp3) is 0.579. The molecule has 25 heavy (non-hydrogen) atoms. The maximum atomic E-state index is 12.9. The Bertz CT molecular complexity index is 1030. The Labute approximate surface area is 144 Å². The van der Waals surface area contributed by atoms with Crippen LogP contribution in [0, 0.1) is 17.8 Å². The van der Waals surface area contributed by atoms with Gasteiger partial charge in [0.2, 0.25) is 0 Å². The number of imidazole rings is 1. The van der Waals surface area contributed by atoms with Crippen LogP contribution < -0.4 is 5.69 Å². The third kappa shape index (κ3) is 1.73. The summed E-state index contributed by atoms with van der Waals surface area (Å²) in [5, 5.41) is 1.03. The van der Waals surface area contributed by atoms with Crippen LogP contribution in [-0.2, 0) is 4.74 Å². The number of hydrogen-bond acceptors (Lipinski definition) is 3. The first-order valence-corrected chi connectivity index (χ1v) is 9.29. The molecule has 130 valence electrons. The number of methoxy groups -OCH3 is 1. The molecule has 3 aromatic rings. The van der Waals surface area contributed by atoms with Crippen LogP contribution in [0.4, 0.5) is 0 Å². The molecule has 4 bridgehead atoms. The second-order valence-electron chi connectivity index (χ2n) is 8.41. The maximum absolute atomic E-state index is 12.9. The molecule has 0 amide bonds. The highest BCUT2D eigenvalue weighted by Gasteiger charge is 2.56. The molecule has 0 aromatic carbocycles. The largest absolute Gasteiger partial charge is 0.378 e. The van der Waals surface area contributed by atoms with Crippen molar-refractivity contribution >= 4 is 22.1 Å². The third-order valence-electron chi connectivity index (χ3n) is 7.16. The Balaban J connectivity index is 1.58. The lowest BCUT2D eigenvalue weighted by Crippen LogP contribution is -2.56. The van der Waals surface area contributed by atoms with Crippen LogP contribution in [0.5, 0.6) is 0 Å². The van der Waals surface area contributed by atoms with E-state index in [4.69, 9.17) is 4.74 Å². The molecule has 6 heteroatoms. The van der Waals surface area contributed by atoms with E-state index in [-0.39, 0.29) is 17.3 Å². The molecule has 6 nitrogen and oxygen atoms in total. The van der Waals surface area contributed by atoms with E-state index in [9.17, 15) is 4.79 Å². The SMILES string of the molecule is COC12CC3CC(C1)C(n1c(=O)[nH]c4cnc5[nH]ccc5c41)C(C3)C2. The molecular formula is C19H22N4O2. The molecule has 7 rings (SSSR count). The normalized spacial score (nSPS) is 36.7. The monoisotopic (exact) mass is 338 g/mol. The van der Waals surface area contributed by atoms with E-state index >= 15 is 0 Å². The van der Waals surface area contributed by atoms with Crippen LogP contribution in [0.3, 0.4) is 0 Å². The van der Waals surface area contributed by atoms with Crippen molar-refractivity contribution in [1.29, 1.82) is 0 Å². The number of pyridine rings is 1. The number of nitrogens with zero attached hydrogens (tertiary/aromatic N) is 2. The first kappa shape index (κ1) is 14.1. The molecular weight excluding hydrogens is 316 g/mol. The highest BCUT2D eigenvalue weighted by molar-refractivity contribution is 6.00. The van der Waals surface area contributed by atoms with Crippen LogP contribution in [0.15, 0.2) is 23.3 Å². The number of aromatic nitrogens is 4. The number of fused-ring (bicyclic) bond motifs is 3. The third-order valence-corrected chi connectivity index (χ3v) is 7.16. The van der Waals surface area contributed by atoms with Crippen molar-refractivity contribution in [2.45, 2.75) is 43.7 Å². The number of H-pyrrole nitrogens is 2. The number of rotatable bonds is 2. The summed E-state index contributed by atoms with van der Waals surface area (Å²) in [6, 6.07) is 2.31. The van der Waals surface area contributed by atoms with E-state index in [0.717, 1.165) is 40.8 Å². The summed E-state index contributed by atoms with van der Waals surface area (Å²) >= 11 is 0. The molecule has 4 aliphatic carbocycles. The standard InChI is InChI=1S/C19H22N4O2/c1-25-19-6-10-4-11(7-19)15(12(5-10)8-19)23-16-13-2-3-20-17(13)21-9-14(16)22-18(23)24/h2-3,9-12,15H,4-8H2,1H3,(H,20,21)(H,22,24). The van der Waals surface area contributed by atoms with Crippen LogP contribution >= 0.6 is 0 Å². The van der Waals surface area contributed by atoms with Crippen LogP contribution in [0.2, 0.25) is 0 Å². The van der Waals surface area contributed by atoms with Crippen LogP contribution in [0.1, 0.15) is 38.1 Å². The number of hydrogen-bond donors (Lipinski definition) is 2. The molecule has 3 heterocycles. The molecule has 4 fully saturated rings. The van der Waals surface area contributed by atoms with Crippen molar-refractivity contribution < 1.29 is 4.74 Å². The van der Waals surface area contributed by atoms with E-state index in [2.05, 4.69) is 19.5 Å². The van der Waals surface area contributed by atoms with Gasteiger partial charge in [0.25, 0.3) is 0 Å². The minimum absolute atomic E-state index is 0.00874. The highest BCUT2D eigenvalue weighted by atomic mass is 16.5. The zero-order valence-electron chi connectivity index (χ0n) is 14.3. The molecule has 0 spiro atoms. The van der Waals surface area contributed by atoms with Crippen molar-refractivity contribution in [2.75, 3.05) is 7.11 Å². The van der Waals surface area contributed by atoms with E-state index < -0.39 is 0 Å². The number of nitrogens with one attached hydrogen (secondary N) is 2. The first-order chi connectivity index (χ1) is 12.2. The number of aromatic amines is 2. The Morgan fingerprint density at radius 2 is 2.08 bits per heavy atom. The Hall–Kier alpha value is -2.08. The molecule has 2 unspecified atom stereocenters. The van der Waals surface area contributed by atoms with Crippen molar-refractivity contribution in [3.05, 3.63) is 28.9 Å². The molecule has 0 aliphatic heterocycles. The highest BCUT2D eigenvalue weighted by Crippen LogP contribution is 2.61. The van der Waals surface area contributed by atoms with Gasteiger partial charge in [-0.25, -0.2) is 9.78 Å². The Kier molecular flexibility index (Phi) is 2.57. The van der Waals surface area contributed by atoms with E-state index in [0.29, 0.717) is 11.8 Å². The van der Waals surface area contributed by atoms with Gasteiger partial charge in [0, 0.05) is 24.7 Å². The fourth-order valence-electron chi connectivity index (χ4n) is 6.50. The van der Waals surface area contributed by atoms with Gasteiger partial charge in [0.1, 0.15) is 5.65 Å². The molecule has 2 N–H and O–H groups in total. The molecule has 0 radical (unpaired) electrons. The van der Waals surface area contributed by atoms with Crippen molar-refractivity contribution in [1.82, 2.24) is 19.5 Å². The van der Waals surface area contributed by atoms with Gasteiger partial charge in [-0.1, -0.05) is 0 Å². The van der Waals surface area contributed by atoms with Gasteiger partial charge < -0.3 is 14.7 Å². The van der Waals surface area contributed by atoms with Crippen molar-refractivity contribution in [2.24, 2.45) is 17.8 Å². The zero-order valence-corrected chi connectivity index (χ0v) is 14.3. The van der Waals surface area contributed by atoms with E-state index in [1.165, 1.54) is 19.3 Å². The molecule has 0 saturated heterocycles.